The van der Waals surface area contributed by atoms with Crippen LogP contribution in [0, 0.1) is 0 Å². The summed E-state index contributed by atoms with van der Waals surface area (Å²) in [6.45, 7) is 10.8. The molecule has 0 aliphatic heterocycles. The van der Waals surface area contributed by atoms with Crippen LogP contribution in [-0.2, 0) is 38.1 Å². The third-order valence-electron chi connectivity index (χ3n) is 3.08. The molecule has 28 heavy (non-hydrogen) atoms. The van der Waals surface area contributed by atoms with Crippen molar-refractivity contribution >= 4 is 23.9 Å². The molecule has 8 nitrogen and oxygen atoms in total. The molecule has 0 saturated heterocycles. The van der Waals surface area contributed by atoms with Gasteiger partial charge < -0.3 is 18.9 Å². The number of carbonyl (C=O) groups is 4. The Labute approximate surface area is 165 Å². The van der Waals surface area contributed by atoms with E-state index in [-0.39, 0.29) is 26.4 Å². The zero-order chi connectivity index (χ0) is 21.4. The summed E-state index contributed by atoms with van der Waals surface area (Å²) in [6, 6.07) is 0. The van der Waals surface area contributed by atoms with Gasteiger partial charge in [-0.3, -0.25) is 0 Å². The normalized spacial score (nSPS) is 10.2. The Morgan fingerprint density at radius 3 is 1.18 bits per heavy atom. The summed E-state index contributed by atoms with van der Waals surface area (Å²) in [5.41, 5.74) is 0.657. The van der Waals surface area contributed by atoms with Gasteiger partial charge in [-0.1, -0.05) is 13.2 Å². The minimum absolute atomic E-state index is 0.145. The van der Waals surface area contributed by atoms with E-state index in [2.05, 4.69) is 13.2 Å². The molecule has 0 aliphatic rings. The van der Waals surface area contributed by atoms with Crippen LogP contribution in [0.1, 0.15) is 39.5 Å². The molecule has 0 spiro atoms. The Balaban J connectivity index is 3.67. The van der Waals surface area contributed by atoms with Crippen molar-refractivity contribution in [1.29, 1.82) is 0 Å². The average Bonchev–Trinajstić information content (AvgIpc) is 2.64. The third-order valence-corrected chi connectivity index (χ3v) is 3.08. The van der Waals surface area contributed by atoms with Gasteiger partial charge in [0.05, 0.1) is 26.4 Å². The van der Waals surface area contributed by atoms with Crippen LogP contribution in [0.2, 0.25) is 0 Å². The van der Waals surface area contributed by atoms with Gasteiger partial charge >= 0.3 is 23.9 Å². The lowest BCUT2D eigenvalue weighted by atomic mass is 10.3. The lowest BCUT2D eigenvalue weighted by Gasteiger charge is -2.05. The fourth-order valence-corrected chi connectivity index (χ4v) is 1.56. The second-order valence-corrected chi connectivity index (χ2v) is 5.92. The largest absolute Gasteiger partial charge is 0.463 e. The summed E-state index contributed by atoms with van der Waals surface area (Å²) in [5.74, 6) is -2.23. The summed E-state index contributed by atoms with van der Waals surface area (Å²) >= 11 is 0. The standard InChI is InChI=1S/C20H28O8/c1-15(2)19(23)27-13-7-5-11-25-17(21)9-10-18(22)26-12-6-8-14-28-20(24)16(3)4/h9-10H,1,3,5-8,11-14H2,2,4H3/b10-9-. The molecule has 0 N–H and O–H groups in total. The van der Waals surface area contributed by atoms with Crippen molar-refractivity contribution < 1.29 is 38.1 Å². The third kappa shape index (κ3) is 14.3. The first kappa shape index (κ1) is 25.1. The molecule has 0 rings (SSSR count). The molecule has 0 aromatic heterocycles. The van der Waals surface area contributed by atoms with Crippen LogP contribution in [0.3, 0.4) is 0 Å². The molecule has 0 aliphatic carbocycles. The maximum atomic E-state index is 11.4. The van der Waals surface area contributed by atoms with E-state index >= 15 is 0 Å². The zero-order valence-corrected chi connectivity index (χ0v) is 16.5. The van der Waals surface area contributed by atoms with Gasteiger partial charge in [-0.05, 0) is 39.5 Å². The van der Waals surface area contributed by atoms with Gasteiger partial charge in [0.25, 0.3) is 0 Å². The monoisotopic (exact) mass is 396 g/mol. The zero-order valence-electron chi connectivity index (χ0n) is 16.5. The number of hydrogen-bond acceptors (Lipinski definition) is 8. The molecule has 8 heteroatoms. The minimum Gasteiger partial charge on any atom is -0.463 e. The van der Waals surface area contributed by atoms with Crippen LogP contribution in [0.25, 0.3) is 0 Å². The molecule has 156 valence electrons. The maximum Gasteiger partial charge on any atom is 0.333 e. The van der Waals surface area contributed by atoms with Gasteiger partial charge in [0.2, 0.25) is 0 Å². The first-order valence-electron chi connectivity index (χ1n) is 8.91. The van der Waals surface area contributed by atoms with E-state index < -0.39 is 23.9 Å². The average molecular weight is 396 g/mol. The van der Waals surface area contributed by atoms with Gasteiger partial charge in [-0.2, -0.15) is 0 Å². The van der Waals surface area contributed by atoms with Crippen molar-refractivity contribution in [3.8, 4) is 0 Å². The Hall–Kier alpha value is -2.90. The van der Waals surface area contributed by atoms with Crippen LogP contribution < -0.4 is 0 Å². The van der Waals surface area contributed by atoms with Crippen molar-refractivity contribution in [2.75, 3.05) is 26.4 Å². The van der Waals surface area contributed by atoms with Crippen molar-refractivity contribution in [3.05, 3.63) is 36.5 Å². The van der Waals surface area contributed by atoms with E-state index in [4.69, 9.17) is 18.9 Å². The van der Waals surface area contributed by atoms with E-state index in [1.165, 1.54) is 0 Å². The first-order chi connectivity index (χ1) is 13.2. The molecular formula is C20H28O8. The molecule has 0 heterocycles. The van der Waals surface area contributed by atoms with Gasteiger partial charge in [-0.25, -0.2) is 19.2 Å². The van der Waals surface area contributed by atoms with E-state index in [1.807, 2.05) is 0 Å². The van der Waals surface area contributed by atoms with E-state index in [0.717, 1.165) is 12.2 Å². The van der Waals surface area contributed by atoms with Crippen molar-refractivity contribution in [2.45, 2.75) is 39.5 Å². The quantitative estimate of drug-likeness (QED) is 0.191. The Bertz CT molecular complexity index is 551. The van der Waals surface area contributed by atoms with Crippen LogP contribution >= 0.6 is 0 Å². The smallest absolute Gasteiger partial charge is 0.333 e. The number of carbonyl (C=O) groups excluding carboxylic acids is 4. The Morgan fingerprint density at radius 2 is 0.893 bits per heavy atom. The van der Waals surface area contributed by atoms with E-state index in [0.29, 0.717) is 36.8 Å². The number of ether oxygens (including phenoxy) is 4. The summed E-state index contributed by atoms with van der Waals surface area (Å²) in [7, 11) is 0. The van der Waals surface area contributed by atoms with Gasteiger partial charge in [0.1, 0.15) is 0 Å². The lowest BCUT2D eigenvalue weighted by molar-refractivity contribution is -0.141. The number of unbranched alkanes of at least 4 members (excludes halogenated alkanes) is 2. The van der Waals surface area contributed by atoms with Crippen LogP contribution in [0.15, 0.2) is 36.5 Å². The number of hydrogen-bond donors (Lipinski definition) is 0. The molecule has 0 bridgehead atoms. The van der Waals surface area contributed by atoms with Gasteiger partial charge in [0, 0.05) is 23.3 Å². The van der Waals surface area contributed by atoms with Crippen LogP contribution in [0.4, 0.5) is 0 Å². The predicted molar refractivity (Wildman–Crippen MR) is 101 cm³/mol. The fraction of sp³-hybridized carbons (Fsp3) is 0.500. The van der Waals surface area contributed by atoms with Crippen LogP contribution in [-0.4, -0.2) is 50.3 Å². The molecule has 0 amide bonds. The van der Waals surface area contributed by atoms with E-state index in [9.17, 15) is 19.2 Å². The molecule has 0 saturated carbocycles. The molecule has 0 atom stereocenters. The number of esters is 4. The second kappa shape index (κ2) is 15.2. The lowest BCUT2D eigenvalue weighted by Crippen LogP contribution is -2.09. The Morgan fingerprint density at radius 1 is 0.607 bits per heavy atom. The molecule has 0 radical (unpaired) electrons. The minimum atomic E-state index is -0.664. The van der Waals surface area contributed by atoms with Gasteiger partial charge in [0.15, 0.2) is 0 Å². The topological polar surface area (TPSA) is 105 Å². The maximum absolute atomic E-state index is 11.4. The second-order valence-electron chi connectivity index (χ2n) is 5.92. The summed E-state index contributed by atoms with van der Waals surface area (Å²) in [6.07, 6.45) is 4.09. The molecular weight excluding hydrogens is 368 g/mol. The predicted octanol–water partition coefficient (Wildman–Crippen LogP) is 2.43. The summed E-state index contributed by atoms with van der Waals surface area (Å²) < 4.78 is 19.6. The SMILES string of the molecule is C=C(C)C(=O)OCCCCOC(=O)/C=C\C(=O)OCCCCOC(=O)C(=C)C. The van der Waals surface area contributed by atoms with Crippen LogP contribution in [0.5, 0.6) is 0 Å². The summed E-state index contributed by atoms with van der Waals surface area (Å²) in [4.78, 5) is 45.1. The highest BCUT2D eigenvalue weighted by atomic mass is 16.5. The van der Waals surface area contributed by atoms with E-state index in [1.54, 1.807) is 13.8 Å². The summed E-state index contributed by atoms with van der Waals surface area (Å²) in [5, 5.41) is 0. The highest BCUT2D eigenvalue weighted by molar-refractivity contribution is 5.91. The van der Waals surface area contributed by atoms with Crippen molar-refractivity contribution in [2.24, 2.45) is 0 Å². The van der Waals surface area contributed by atoms with Gasteiger partial charge in [-0.15, -0.1) is 0 Å². The highest BCUT2D eigenvalue weighted by Crippen LogP contribution is 1.98. The molecule has 0 aromatic carbocycles. The molecule has 0 fully saturated rings. The Kier molecular flexibility index (Phi) is 13.6. The highest BCUT2D eigenvalue weighted by Gasteiger charge is 2.04. The molecule has 0 aromatic rings. The van der Waals surface area contributed by atoms with Crippen molar-refractivity contribution in [1.82, 2.24) is 0 Å². The number of rotatable bonds is 14. The first-order valence-corrected chi connectivity index (χ1v) is 8.91. The van der Waals surface area contributed by atoms with Crippen molar-refractivity contribution in [3.63, 3.8) is 0 Å². The molecule has 0 unspecified atom stereocenters. The fourth-order valence-electron chi connectivity index (χ4n) is 1.56.